The Balaban J connectivity index is 0.00000264. The van der Waals surface area contributed by atoms with Crippen molar-refractivity contribution in [2.45, 2.75) is 38.6 Å². The molecule has 0 aliphatic carbocycles. The predicted molar refractivity (Wildman–Crippen MR) is 95.0 cm³/mol. The van der Waals surface area contributed by atoms with Gasteiger partial charge in [0, 0.05) is 18.9 Å². The van der Waals surface area contributed by atoms with Crippen LogP contribution in [0.25, 0.3) is 5.69 Å². The van der Waals surface area contributed by atoms with E-state index in [1.54, 1.807) is 10.9 Å². The average Bonchev–Trinajstić information content (AvgIpc) is 3.08. The standard InChI is InChI=1S/C17H24N4O.ClH/c1-3-17(4-2,13-18)20-16(22)12-14-6-8-15(9-7-14)21-11-5-10-19-21;/h5-11H,3-4,12-13,18H2,1-2H3,(H,20,22);1H. The number of carbonyl (C=O) groups is 1. The lowest BCUT2D eigenvalue weighted by Crippen LogP contribution is -2.53. The van der Waals surface area contributed by atoms with Gasteiger partial charge in [-0.25, -0.2) is 4.68 Å². The van der Waals surface area contributed by atoms with Crippen LogP contribution in [0.1, 0.15) is 32.3 Å². The Bertz CT molecular complexity index is 583. The van der Waals surface area contributed by atoms with Crippen molar-refractivity contribution < 1.29 is 4.79 Å². The fourth-order valence-electron chi connectivity index (χ4n) is 2.48. The Morgan fingerprint density at radius 3 is 2.39 bits per heavy atom. The van der Waals surface area contributed by atoms with Crippen LogP contribution in [0.2, 0.25) is 0 Å². The molecule has 0 saturated heterocycles. The summed E-state index contributed by atoms with van der Waals surface area (Å²) in [6.45, 7) is 4.56. The second-order valence-electron chi connectivity index (χ2n) is 5.53. The fraction of sp³-hybridized carbons (Fsp3) is 0.412. The lowest BCUT2D eigenvalue weighted by atomic mass is 9.92. The molecular formula is C17H25ClN4O. The number of nitrogens with one attached hydrogen (secondary N) is 1. The van der Waals surface area contributed by atoms with Crippen LogP contribution in [0.15, 0.2) is 42.7 Å². The van der Waals surface area contributed by atoms with Crippen molar-refractivity contribution in [3.05, 3.63) is 48.3 Å². The first-order chi connectivity index (χ1) is 10.6. The maximum absolute atomic E-state index is 12.2. The van der Waals surface area contributed by atoms with Crippen LogP contribution in [-0.4, -0.2) is 27.8 Å². The Hall–Kier alpha value is -1.85. The summed E-state index contributed by atoms with van der Waals surface area (Å²) in [6.07, 6.45) is 5.66. The minimum Gasteiger partial charge on any atom is -0.349 e. The summed E-state index contributed by atoms with van der Waals surface area (Å²) in [4.78, 5) is 12.2. The molecule has 0 unspecified atom stereocenters. The highest BCUT2D eigenvalue weighted by molar-refractivity contribution is 5.85. The maximum Gasteiger partial charge on any atom is 0.224 e. The van der Waals surface area contributed by atoms with Crippen molar-refractivity contribution in [1.29, 1.82) is 0 Å². The zero-order valence-electron chi connectivity index (χ0n) is 13.7. The van der Waals surface area contributed by atoms with Crippen molar-refractivity contribution >= 4 is 18.3 Å². The van der Waals surface area contributed by atoms with Crippen LogP contribution in [0.4, 0.5) is 0 Å². The zero-order chi connectivity index (χ0) is 16.0. The maximum atomic E-state index is 12.2. The van der Waals surface area contributed by atoms with E-state index in [4.69, 9.17) is 5.73 Å². The molecule has 126 valence electrons. The van der Waals surface area contributed by atoms with E-state index in [-0.39, 0.29) is 23.9 Å². The Morgan fingerprint density at radius 1 is 1.26 bits per heavy atom. The van der Waals surface area contributed by atoms with E-state index in [0.29, 0.717) is 13.0 Å². The summed E-state index contributed by atoms with van der Waals surface area (Å²) in [5.41, 5.74) is 7.49. The summed E-state index contributed by atoms with van der Waals surface area (Å²) in [5.74, 6) is 0.0148. The number of halogens is 1. The minimum atomic E-state index is -0.286. The van der Waals surface area contributed by atoms with E-state index >= 15 is 0 Å². The van der Waals surface area contributed by atoms with Crippen molar-refractivity contribution in [3.8, 4) is 5.69 Å². The molecule has 1 aromatic heterocycles. The van der Waals surface area contributed by atoms with Gasteiger partial charge in [-0.05, 0) is 36.6 Å². The van der Waals surface area contributed by atoms with Gasteiger partial charge in [-0.1, -0.05) is 26.0 Å². The van der Waals surface area contributed by atoms with Gasteiger partial charge in [0.25, 0.3) is 0 Å². The van der Waals surface area contributed by atoms with E-state index in [1.807, 2.05) is 36.5 Å². The number of carbonyl (C=O) groups excluding carboxylic acids is 1. The molecule has 3 N–H and O–H groups in total. The number of rotatable bonds is 7. The predicted octanol–water partition coefficient (Wildman–Crippen LogP) is 2.47. The lowest BCUT2D eigenvalue weighted by molar-refractivity contribution is -0.122. The molecule has 5 nitrogen and oxygen atoms in total. The Morgan fingerprint density at radius 2 is 1.91 bits per heavy atom. The SMILES string of the molecule is CCC(CC)(CN)NC(=O)Cc1ccc(-n2cccn2)cc1.Cl. The van der Waals surface area contributed by atoms with E-state index < -0.39 is 0 Å². The van der Waals surface area contributed by atoms with Gasteiger partial charge < -0.3 is 11.1 Å². The van der Waals surface area contributed by atoms with E-state index in [9.17, 15) is 4.79 Å². The van der Waals surface area contributed by atoms with Crippen LogP contribution in [0.3, 0.4) is 0 Å². The van der Waals surface area contributed by atoms with Gasteiger partial charge in [0.2, 0.25) is 5.91 Å². The monoisotopic (exact) mass is 336 g/mol. The molecule has 1 heterocycles. The number of hydrogen-bond acceptors (Lipinski definition) is 3. The Labute approximate surface area is 143 Å². The van der Waals surface area contributed by atoms with Crippen LogP contribution in [0, 0.1) is 0 Å². The third-order valence-electron chi connectivity index (χ3n) is 4.22. The first kappa shape index (κ1) is 19.2. The molecule has 0 atom stereocenters. The third kappa shape index (κ3) is 4.81. The number of hydrogen-bond donors (Lipinski definition) is 2. The van der Waals surface area contributed by atoms with Gasteiger partial charge in [-0.3, -0.25) is 4.79 Å². The van der Waals surface area contributed by atoms with Crippen LogP contribution in [0.5, 0.6) is 0 Å². The minimum absolute atomic E-state index is 0. The topological polar surface area (TPSA) is 72.9 Å². The summed E-state index contributed by atoms with van der Waals surface area (Å²) >= 11 is 0. The second kappa shape index (κ2) is 8.70. The van der Waals surface area contributed by atoms with Gasteiger partial charge in [0.05, 0.1) is 17.6 Å². The molecule has 6 heteroatoms. The summed E-state index contributed by atoms with van der Waals surface area (Å²) in [5, 5.41) is 7.27. The van der Waals surface area contributed by atoms with E-state index in [2.05, 4.69) is 24.3 Å². The molecule has 0 saturated carbocycles. The summed E-state index contributed by atoms with van der Waals surface area (Å²) in [7, 11) is 0. The summed E-state index contributed by atoms with van der Waals surface area (Å²) < 4.78 is 1.79. The molecular weight excluding hydrogens is 312 g/mol. The molecule has 2 aromatic rings. The summed E-state index contributed by atoms with van der Waals surface area (Å²) in [6, 6.07) is 9.72. The average molecular weight is 337 g/mol. The molecule has 1 amide bonds. The van der Waals surface area contributed by atoms with Crippen molar-refractivity contribution in [1.82, 2.24) is 15.1 Å². The first-order valence-corrected chi connectivity index (χ1v) is 7.72. The lowest BCUT2D eigenvalue weighted by Gasteiger charge is -2.31. The van der Waals surface area contributed by atoms with Gasteiger partial charge in [-0.15, -0.1) is 12.4 Å². The van der Waals surface area contributed by atoms with Gasteiger partial charge in [0.1, 0.15) is 0 Å². The molecule has 0 aliphatic heterocycles. The highest BCUT2D eigenvalue weighted by Crippen LogP contribution is 2.14. The van der Waals surface area contributed by atoms with Crippen LogP contribution in [-0.2, 0) is 11.2 Å². The van der Waals surface area contributed by atoms with Crippen LogP contribution < -0.4 is 11.1 Å². The molecule has 0 bridgehead atoms. The number of nitrogens with two attached hydrogens (primary N) is 1. The van der Waals surface area contributed by atoms with Crippen LogP contribution >= 0.6 is 12.4 Å². The van der Waals surface area contributed by atoms with Gasteiger partial charge in [0.15, 0.2) is 0 Å². The van der Waals surface area contributed by atoms with E-state index in [0.717, 1.165) is 24.1 Å². The highest BCUT2D eigenvalue weighted by Gasteiger charge is 2.26. The van der Waals surface area contributed by atoms with Crippen molar-refractivity contribution in [3.63, 3.8) is 0 Å². The third-order valence-corrected chi connectivity index (χ3v) is 4.22. The first-order valence-electron chi connectivity index (χ1n) is 7.72. The number of aromatic nitrogens is 2. The molecule has 2 rings (SSSR count). The van der Waals surface area contributed by atoms with Crippen molar-refractivity contribution in [2.24, 2.45) is 5.73 Å². The van der Waals surface area contributed by atoms with Gasteiger partial charge >= 0.3 is 0 Å². The molecule has 0 fully saturated rings. The molecule has 0 radical (unpaired) electrons. The second-order valence-corrected chi connectivity index (χ2v) is 5.53. The van der Waals surface area contributed by atoms with Crippen molar-refractivity contribution in [2.75, 3.05) is 6.54 Å². The smallest absolute Gasteiger partial charge is 0.224 e. The fourth-order valence-corrected chi connectivity index (χ4v) is 2.48. The number of amides is 1. The quantitative estimate of drug-likeness (QED) is 0.815. The highest BCUT2D eigenvalue weighted by atomic mass is 35.5. The molecule has 23 heavy (non-hydrogen) atoms. The number of nitrogens with zero attached hydrogens (tertiary/aromatic N) is 2. The largest absolute Gasteiger partial charge is 0.349 e. The van der Waals surface area contributed by atoms with Gasteiger partial charge in [-0.2, -0.15) is 5.10 Å². The number of benzene rings is 1. The van der Waals surface area contributed by atoms with E-state index in [1.165, 1.54) is 0 Å². The Kier molecular flexibility index (Phi) is 7.26. The molecule has 0 spiro atoms. The molecule has 0 aliphatic rings. The normalized spacial score (nSPS) is 10.9. The zero-order valence-corrected chi connectivity index (χ0v) is 14.5. The molecule has 1 aromatic carbocycles.